The van der Waals surface area contributed by atoms with Gasteiger partial charge in [0.05, 0.1) is 10.5 Å². The van der Waals surface area contributed by atoms with E-state index >= 15 is 0 Å². The van der Waals surface area contributed by atoms with Crippen LogP contribution in [0.1, 0.15) is 18.4 Å². The molecule has 0 amide bonds. The van der Waals surface area contributed by atoms with Gasteiger partial charge in [-0.3, -0.25) is 0 Å². The van der Waals surface area contributed by atoms with Gasteiger partial charge in [0.25, 0.3) is 0 Å². The smallest absolute Gasteiger partial charge is 0.475 e. The molecule has 0 atom stereocenters. The number of benzene rings is 1. The minimum Gasteiger partial charge on any atom is -0.475 e. The monoisotopic (exact) mass is 369 g/mol. The van der Waals surface area contributed by atoms with E-state index < -0.39 is 27.6 Å². The topological polar surface area (TPSA) is 104 Å². The Morgan fingerprint density at radius 2 is 1.58 bits per heavy atom. The standard InChI is InChI=1S/C12H17NO3S.C2HF3O2/c1-17(15,16)11-4-2-10(3-5-11)12(14)6-8-13-9-7-12;3-2(4,5)1(6)7/h2-5,13-14H,6-9H2,1H3;(H,6,7). The van der Waals surface area contributed by atoms with Crippen molar-refractivity contribution < 1.29 is 36.6 Å². The fraction of sp³-hybridized carbons (Fsp3) is 0.500. The third-order valence-electron chi connectivity index (χ3n) is 3.49. The van der Waals surface area contributed by atoms with Gasteiger partial charge in [0.15, 0.2) is 9.84 Å². The van der Waals surface area contributed by atoms with E-state index in [0.717, 1.165) is 18.7 Å². The second-order valence-corrected chi connectivity index (χ2v) is 7.40. The summed E-state index contributed by atoms with van der Waals surface area (Å²) in [5, 5.41) is 20.8. The molecule has 0 aromatic heterocycles. The lowest BCUT2D eigenvalue weighted by atomic mass is 9.85. The van der Waals surface area contributed by atoms with Gasteiger partial charge in [0, 0.05) is 6.26 Å². The van der Waals surface area contributed by atoms with Crippen molar-refractivity contribution >= 4 is 15.8 Å². The van der Waals surface area contributed by atoms with E-state index in [1.165, 1.54) is 6.26 Å². The van der Waals surface area contributed by atoms with E-state index in [0.29, 0.717) is 17.7 Å². The molecule has 1 saturated heterocycles. The van der Waals surface area contributed by atoms with Crippen molar-refractivity contribution in [2.24, 2.45) is 0 Å². The summed E-state index contributed by atoms with van der Waals surface area (Å²) in [7, 11) is -3.16. The van der Waals surface area contributed by atoms with Gasteiger partial charge in [-0.2, -0.15) is 13.2 Å². The Morgan fingerprint density at radius 1 is 1.17 bits per heavy atom. The lowest BCUT2D eigenvalue weighted by Gasteiger charge is -2.33. The molecule has 10 heteroatoms. The molecule has 0 spiro atoms. The molecule has 0 unspecified atom stereocenters. The highest BCUT2D eigenvalue weighted by molar-refractivity contribution is 7.90. The van der Waals surface area contributed by atoms with Crippen LogP contribution in [0.25, 0.3) is 0 Å². The van der Waals surface area contributed by atoms with Crippen LogP contribution in [0.4, 0.5) is 13.2 Å². The number of carboxylic acids is 1. The molecule has 0 bridgehead atoms. The summed E-state index contributed by atoms with van der Waals surface area (Å²) < 4.78 is 54.4. The number of hydrogen-bond acceptors (Lipinski definition) is 5. The Morgan fingerprint density at radius 3 is 1.92 bits per heavy atom. The Labute approximate surface area is 137 Å². The number of sulfone groups is 1. The predicted octanol–water partition coefficient (Wildman–Crippen LogP) is 1.29. The van der Waals surface area contributed by atoms with Gasteiger partial charge in [-0.05, 0) is 43.6 Å². The zero-order valence-corrected chi connectivity index (χ0v) is 13.6. The summed E-state index contributed by atoms with van der Waals surface area (Å²) in [6.07, 6.45) is -2.59. The molecule has 6 nitrogen and oxygen atoms in total. The van der Waals surface area contributed by atoms with Crippen molar-refractivity contribution in [1.29, 1.82) is 0 Å². The average molecular weight is 369 g/mol. The first-order chi connectivity index (χ1) is 10.9. The van der Waals surface area contributed by atoms with Crippen molar-refractivity contribution in [2.75, 3.05) is 19.3 Å². The summed E-state index contributed by atoms with van der Waals surface area (Å²) in [6, 6.07) is 6.54. The maximum Gasteiger partial charge on any atom is 0.490 e. The molecule has 1 fully saturated rings. The third-order valence-corrected chi connectivity index (χ3v) is 4.62. The molecule has 24 heavy (non-hydrogen) atoms. The number of alkyl halides is 3. The highest BCUT2D eigenvalue weighted by Crippen LogP contribution is 2.30. The van der Waals surface area contributed by atoms with E-state index in [-0.39, 0.29) is 0 Å². The normalized spacial score (nSPS) is 17.5. The Bertz CT molecular complexity index is 665. The van der Waals surface area contributed by atoms with Gasteiger partial charge < -0.3 is 15.5 Å². The molecule has 0 radical (unpaired) electrons. The molecule has 1 aromatic carbocycles. The summed E-state index contributed by atoms with van der Waals surface area (Å²) in [6.45, 7) is 1.56. The molecule has 1 aliphatic heterocycles. The van der Waals surface area contributed by atoms with Crippen LogP contribution < -0.4 is 5.32 Å². The van der Waals surface area contributed by atoms with E-state index in [4.69, 9.17) is 9.90 Å². The van der Waals surface area contributed by atoms with Gasteiger partial charge >= 0.3 is 12.1 Å². The Hall–Kier alpha value is -1.65. The molecule has 1 aliphatic rings. The van der Waals surface area contributed by atoms with E-state index in [9.17, 15) is 26.7 Å². The molecule has 1 heterocycles. The highest BCUT2D eigenvalue weighted by atomic mass is 32.2. The van der Waals surface area contributed by atoms with Crippen LogP contribution in [0.3, 0.4) is 0 Å². The minimum absolute atomic E-state index is 0.291. The molecular formula is C14H18F3NO5S. The third kappa shape index (κ3) is 5.77. The number of carboxylic acid groups (broad SMARTS) is 1. The number of hydrogen-bond donors (Lipinski definition) is 3. The number of piperidine rings is 1. The second-order valence-electron chi connectivity index (χ2n) is 5.38. The molecule has 0 saturated carbocycles. The molecule has 1 aromatic rings. The van der Waals surface area contributed by atoms with Crippen LogP contribution in [0, 0.1) is 0 Å². The second kappa shape index (κ2) is 7.49. The number of rotatable bonds is 2. The maximum absolute atomic E-state index is 11.3. The summed E-state index contributed by atoms with van der Waals surface area (Å²) >= 11 is 0. The number of halogens is 3. The first-order valence-electron chi connectivity index (χ1n) is 6.90. The van der Waals surface area contributed by atoms with Crippen LogP contribution in [0.5, 0.6) is 0 Å². The van der Waals surface area contributed by atoms with Crippen molar-refractivity contribution in [3.05, 3.63) is 29.8 Å². The zero-order chi connectivity index (χ0) is 18.6. The summed E-state index contributed by atoms with van der Waals surface area (Å²) in [4.78, 5) is 9.19. The van der Waals surface area contributed by atoms with Gasteiger partial charge in [-0.15, -0.1) is 0 Å². The van der Waals surface area contributed by atoms with Gasteiger partial charge in [-0.1, -0.05) is 12.1 Å². The summed E-state index contributed by atoms with van der Waals surface area (Å²) in [5.41, 5.74) is -0.0206. The highest BCUT2D eigenvalue weighted by Gasteiger charge is 2.38. The minimum atomic E-state index is -5.08. The molecule has 3 N–H and O–H groups in total. The van der Waals surface area contributed by atoms with Crippen molar-refractivity contribution in [1.82, 2.24) is 5.32 Å². The van der Waals surface area contributed by atoms with Gasteiger partial charge in [-0.25, -0.2) is 13.2 Å². The quantitative estimate of drug-likeness (QED) is 0.726. The first-order valence-corrected chi connectivity index (χ1v) is 8.79. The summed E-state index contributed by atoms with van der Waals surface area (Å²) in [5.74, 6) is -2.76. The fourth-order valence-corrected chi connectivity index (χ4v) is 2.77. The first kappa shape index (κ1) is 20.4. The maximum atomic E-state index is 11.3. The van der Waals surface area contributed by atoms with Gasteiger partial charge in [0.2, 0.25) is 0 Å². The van der Waals surface area contributed by atoms with E-state index in [2.05, 4.69) is 5.32 Å². The lowest BCUT2D eigenvalue weighted by Crippen LogP contribution is -2.39. The van der Waals surface area contributed by atoms with E-state index in [1.807, 2.05) is 0 Å². The number of carbonyl (C=O) groups is 1. The number of aliphatic carboxylic acids is 1. The van der Waals surface area contributed by atoms with Crippen molar-refractivity contribution in [3.8, 4) is 0 Å². The lowest BCUT2D eigenvalue weighted by molar-refractivity contribution is -0.192. The van der Waals surface area contributed by atoms with Crippen LogP contribution >= 0.6 is 0 Å². The average Bonchev–Trinajstić information content (AvgIpc) is 2.47. The Kier molecular flexibility index (Phi) is 6.37. The van der Waals surface area contributed by atoms with E-state index in [1.54, 1.807) is 24.3 Å². The SMILES string of the molecule is CS(=O)(=O)c1ccc(C2(O)CCNCC2)cc1.O=C(O)C(F)(F)F. The van der Waals surface area contributed by atoms with Gasteiger partial charge in [0.1, 0.15) is 0 Å². The zero-order valence-electron chi connectivity index (χ0n) is 12.8. The fourth-order valence-electron chi connectivity index (χ4n) is 2.14. The van der Waals surface area contributed by atoms with Crippen LogP contribution in [0.15, 0.2) is 29.2 Å². The largest absolute Gasteiger partial charge is 0.490 e. The van der Waals surface area contributed by atoms with Crippen molar-refractivity contribution in [3.63, 3.8) is 0 Å². The predicted molar refractivity (Wildman–Crippen MR) is 79.2 cm³/mol. The molecule has 2 rings (SSSR count). The molecular weight excluding hydrogens is 351 g/mol. The number of aliphatic hydroxyl groups is 1. The van der Waals surface area contributed by atoms with Crippen LogP contribution in [0.2, 0.25) is 0 Å². The Balaban J connectivity index is 0.000000351. The molecule has 136 valence electrons. The van der Waals surface area contributed by atoms with Crippen LogP contribution in [-0.4, -0.2) is 50.1 Å². The molecule has 0 aliphatic carbocycles. The van der Waals surface area contributed by atoms with Crippen LogP contribution in [-0.2, 0) is 20.2 Å². The number of nitrogens with one attached hydrogen (secondary N) is 1. The van der Waals surface area contributed by atoms with Crippen molar-refractivity contribution in [2.45, 2.75) is 29.5 Å².